The molecule has 0 radical (unpaired) electrons. The Morgan fingerprint density at radius 2 is 1.89 bits per heavy atom. The molecule has 1 aliphatic heterocycles. The maximum Gasteiger partial charge on any atom is 0.191 e. The topological polar surface area (TPSA) is 48.9 Å². The zero-order chi connectivity index (χ0) is 18.8. The first-order chi connectivity index (χ1) is 12.6. The van der Waals surface area contributed by atoms with Crippen LogP contribution in [0.25, 0.3) is 0 Å². The van der Waals surface area contributed by atoms with Crippen molar-refractivity contribution >= 4 is 29.9 Å². The summed E-state index contributed by atoms with van der Waals surface area (Å²) in [5.41, 5.74) is 1.36. The molecule has 0 bridgehead atoms. The van der Waals surface area contributed by atoms with E-state index in [0.29, 0.717) is 12.0 Å². The first kappa shape index (κ1) is 24.0. The molecule has 2 N–H and O–H groups in total. The van der Waals surface area contributed by atoms with Crippen LogP contribution >= 0.6 is 24.0 Å². The number of ether oxygens (including phenoxy) is 1. The second kappa shape index (κ2) is 13.2. The maximum absolute atomic E-state index is 5.23. The van der Waals surface area contributed by atoms with Crippen molar-refractivity contribution in [2.24, 2.45) is 10.9 Å². The van der Waals surface area contributed by atoms with Crippen LogP contribution in [-0.2, 0) is 6.54 Å². The van der Waals surface area contributed by atoms with Gasteiger partial charge in [-0.05, 0) is 69.8 Å². The number of methoxy groups -OCH3 is 1. The van der Waals surface area contributed by atoms with Crippen LogP contribution in [0.3, 0.4) is 0 Å². The average molecular weight is 488 g/mol. The number of likely N-dealkylation sites (tertiary alicyclic amines) is 1. The van der Waals surface area contributed by atoms with Crippen LogP contribution in [0.5, 0.6) is 5.75 Å². The van der Waals surface area contributed by atoms with E-state index < -0.39 is 0 Å². The fraction of sp³-hybridized carbons (Fsp3) is 0.667. The molecule has 0 aliphatic carbocycles. The van der Waals surface area contributed by atoms with E-state index >= 15 is 0 Å². The van der Waals surface area contributed by atoms with Crippen molar-refractivity contribution in [2.75, 3.05) is 33.3 Å². The standard InChI is InChI=1S/C21H36N4O.HI/c1-5-17(3)24-21(22-6-2)23-15-18-11-13-25(14-12-18)16-19-7-9-20(26-4)10-8-19;/h7-10,17-18H,5-6,11-16H2,1-4H3,(H2,22,23,24);1H. The number of hydrogen-bond donors (Lipinski definition) is 2. The molecule has 1 saturated heterocycles. The molecule has 1 aromatic carbocycles. The molecule has 27 heavy (non-hydrogen) atoms. The Kier molecular flexibility index (Phi) is 11.7. The lowest BCUT2D eigenvalue weighted by Crippen LogP contribution is -2.42. The number of rotatable bonds is 8. The third-order valence-corrected chi connectivity index (χ3v) is 5.12. The lowest BCUT2D eigenvalue weighted by molar-refractivity contribution is 0.180. The van der Waals surface area contributed by atoms with Gasteiger partial charge in [-0.1, -0.05) is 19.1 Å². The fourth-order valence-electron chi connectivity index (χ4n) is 3.19. The summed E-state index contributed by atoms with van der Waals surface area (Å²) >= 11 is 0. The van der Waals surface area contributed by atoms with E-state index in [4.69, 9.17) is 9.73 Å². The molecule has 0 aromatic heterocycles. The molecule has 5 nitrogen and oxygen atoms in total. The van der Waals surface area contributed by atoms with Gasteiger partial charge in [-0.25, -0.2) is 0 Å². The molecule has 1 atom stereocenters. The Balaban J connectivity index is 0.00000364. The van der Waals surface area contributed by atoms with Crippen molar-refractivity contribution < 1.29 is 4.74 Å². The highest BCUT2D eigenvalue weighted by Crippen LogP contribution is 2.20. The number of aliphatic imine (C=N–C) groups is 1. The number of piperidine rings is 1. The first-order valence-corrected chi connectivity index (χ1v) is 10.0. The highest BCUT2D eigenvalue weighted by molar-refractivity contribution is 14.0. The predicted octanol–water partition coefficient (Wildman–Crippen LogP) is 3.88. The Bertz CT molecular complexity index is 542. The van der Waals surface area contributed by atoms with E-state index in [-0.39, 0.29) is 24.0 Å². The third kappa shape index (κ3) is 8.68. The number of nitrogens with zero attached hydrogens (tertiary/aromatic N) is 2. The summed E-state index contributed by atoms with van der Waals surface area (Å²) in [5, 5.41) is 6.83. The average Bonchev–Trinajstić information content (AvgIpc) is 2.68. The Morgan fingerprint density at radius 3 is 2.44 bits per heavy atom. The highest BCUT2D eigenvalue weighted by Gasteiger charge is 2.19. The molecule has 1 fully saturated rings. The maximum atomic E-state index is 5.23. The largest absolute Gasteiger partial charge is 0.497 e. The molecule has 1 aromatic rings. The number of benzene rings is 1. The highest BCUT2D eigenvalue weighted by atomic mass is 127. The SMILES string of the molecule is CCNC(=NCC1CCN(Cc2ccc(OC)cc2)CC1)NC(C)CC.I. The van der Waals surface area contributed by atoms with Crippen LogP contribution in [0.15, 0.2) is 29.3 Å². The molecule has 6 heteroatoms. The summed E-state index contributed by atoms with van der Waals surface area (Å²) in [4.78, 5) is 7.36. The van der Waals surface area contributed by atoms with Crippen LogP contribution in [0.4, 0.5) is 0 Å². The molecule has 0 saturated carbocycles. The summed E-state index contributed by atoms with van der Waals surface area (Å²) in [6.45, 7) is 11.7. The van der Waals surface area contributed by atoms with Gasteiger partial charge in [0.2, 0.25) is 0 Å². The van der Waals surface area contributed by atoms with Gasteiger partial charge in [0.15, 0.2) is 5.96 Å². The molecule has 1 aliphatic rings. The van der Waals surface area contributed by atoms with Crippen LogP contribution in [0.1, 0.15) is 45.6 Å². The molecule has 1 heterocycles. The van der Waals surface area contributed by atoms with Crippen molar-refractivity contribution in [2.45, 2.75) is 52.6 Å². The minimum atomic E-state index is 0. The second-order valence-electron chi connectivity index (χ2n) is 7.24. The Labute approximate surface area is 182 Å². The van der Waals surface area contributed by atoms with Gasteiger partial charge in [-0.15, -0.1) is 24.0 Å². The van der Waals surface area contributed by atoms with Gasteiger partial charge in [-0.3, -0.25) is 9.89 Å². The van der Waals surface area contributed by atoms with Crippen LogP contribution in [-0.4, -0.2) is 50.2 Å². The van der Waals surface area contributed by atoms with E-state index in [1.165, 1.54) is 18.4 Å². The predicted molar refractivity (Wildman–Crippen MR) is 125 cm³/mol. The lowest BCUT2D eigenvalue weighted by Gasteiger charge is -2.31. The van der Waals surface area contributed by atoms with Crippen molar-refractivity contribution in [3.05, 3.63) is 29.8 Å². The van der Waals surface area contributed by atoms with Crippen LogP contribution in [0.2, 0.25) is 0 Å². The van der Waals surface area contributed by atoms with Crippen LogP contribution in [0, 0.1) is 5.92 Å². The van der Waals surface area contributed by atoms with Crippen LogP contribution < -0.4 is 15.4 Å². The van der Waals surface area contributed by atoms with E-state index in [2.05, 4.69) is 48.4 Å². The van der Waals surface area contributed by atoms with Gasteiger partial charge in [0.25, 0.3) is 0 Å². The number of hydrogen-bond acceptors (Lipinski definition) is 3. The van der Waals surface area contributed by atoms with Crippen molar-refractivity contribution in [3.8, 4) is 5.75 Å². The number of halogens is 1. The Hall–Kier alpha value is -1.02. The molecule has 2 rings (SSSR count). The summed E-state index contributed by atoms with van der Waals surface area (Å²) in [7, 11) is 1.71. The molecule has 1 unspecified atom stereocenters. The van der Waals surface area contributed by atoms with E-state index in [1.807, 2.05) is 12.1 Å². The smallest absolute Gasteiger partial charge is 0.191 e. The molecular weight excluding hydrogens is 451 g/mol. The van der Waals surface area contributed by atoms with Crippen molar-refractivity contribution in [3.63, 3.8) is 0 Å². The van der Waals surface area contributed by atoms with Gasteiger partial charge in [0.1, 0.15) is 5.75 Å². The summed E-state index contributed by atoms with van der Waals surface area (Å²) in [6, 6.07) is 8.88. The van der Waals surface area contributed by atoms with Gasteiger partial charge >= 0.3 is 0 Å². The van der Waals surface area contributed by atoms with Gasteiger partial charge < -0.3 is 15.4 Å². The summed E-state index contributed by atoms with van der Waals surface area (Å²) in [6.07, 6.45) is 3.55. The molecule has 0 spiro atoms. The summed E-state index contributed by atoms with van der Waals surface area (Å²) in [5.74, 6) is 2.57. The number of nitrogens with one attached hydrogen (secondary N) is 2. The quantitative estimate of drug-likeness (QED) is 0.331. The summed E-state index contributed by atoms with van der Waals surface area (Å²) < 4.78 is 5.23. The first-order valence-electron chi connectivity index (χ1n) is 10.0. The van der Waals surface area contributed by atoms with E-state index in [1.54, 1.807) is 7.11 Å². The normalized spacial score (nSPS) is 17.1. The fourth-order valence-corrected chi connectivity index (χ4v) is 3.19. The third-order valence-electron chi connectivity index (χ3n) is 5.12. The van der Waals surface area contributed by atoms with Gasteiger partial charge in [-0.2, -0.15) is 0 Å². The lowest BCUT2D eigenvalue weighted by atomic mass is 9.96. The monoisotopic (exact) mass is 488 g/mol. The molecule has 0 amide bonds. The van der Waals surface area contributed by atoms with Crippen molar-refractivity contribution in [1.82, 2.24) is 15.5 Å². The second-order valence-corrected chi connectivity index (χ2v) is 7.24. The van der Waals surface area contributed by atoms with Gasteiger partial charge in [0, 0.05) is 25.7 Å². The minimum absolute atomic E-state index is 0. The Morgan fingerprint density at radius 1 is 1.22 bits per heavy atom. The zero-order valence-electron chi connectivity index (χ0n) is 17.3. The van der Waals surface area contributed by atoms with Crippen molar-refractivity contribution in [1.29, 1.82) is 0 Å². The van der Waals surface area contributed by atoms with E-state index in [0.717, 1.165) is 50.9 Å². The number of guanidine groups is 1. The minimum Gasteiger partial charge on any atom is -0.497 e. The molecular formula is C21H37IN4O. The zero-order valence-corrected chi connectivity index (χ0v) is 19.7. The molecule has 154 valence electrons. The van der Waals surface area contributed by atoms with E-state index in [9.17, 15) is 0 Å². The van der Waals surface area contributed by atoms with Gasteiger partial charge in [0.05, 0.1) is 7.11 Å².